The third-order valence-corrected chi connectivity index (χ3v) is 5.80. The first-order valence-electron chi connectivity index (χ1n) is 8.49. The van der Waals surface area contributed by atoms with E-state index >= 15 is 0 Å². The van der Waals surface area contributed by atoms with Gasteiger partial charge in [0.2, 0.25) is 10.0 Å². The Morgan fingerprint density at radius 3 is 2.46 bits per heavy atom. The Hall–Kier alpha value is -2.57. The summed E-state index contributed by atoms with van der Waals surface area (Å²) in [6.07, 6.45) is 0.573. The fourth-order valence-corrected chi connectivity index (χ4v) is 4.06. The SMILES string of the molecule is O=S(=O)(NCCc1ccc2c(c1)OCCO2)c1ccc2ccccc2c1. The van der Waals surface area contributed by atoms with Crippen molar-refractivity contribution in [3.63, 3.8) is 0 Å². The van der Waals surface area contributed by atoms with E-state index in [2.05, 4.69) is 4.72 Å². The van der Waals surface area contributed by atoms with Crippen LogP contribution in [0.2, 0.25) is 0 Å². The first-order chi connectivity index (χ1) is 12.6. The van der Waals surface area contributed by atoms with E-state index in [1.807, 2.05) is 48.5 Å². The molecule has 0 aliphatic carbocycles. The zero-order valence-corrected chi connectivity index (χ0v) is 15.0. The van der Waals surface area contributed by atoms with Crippen LogP contribution in [0.15, 0.2) is 65.6 Å². The molecule has 0 bridgehead atoms. The molecule has 3 aromatic rings. The summed E-state index contributed by atoms with van der Waals surface area (Å²) in [5.74, 6) is 1.45. The van der Waals surface area contributed by atoms with Crippen molar-refractivity contribution in [3.05, 3.63) is 66.2 Å². The molecule has 0 unspecified atom stereocenters. The van der Waals surface area contributed by atoms with E-state index in [1.165, 1.54) is 0 Å². The molecule has 0 atom stereocenters. The maximum atomic E-state index is 12.5. The number of rotatable bonds is 5. The van der Waals surface area contributed by atoms with Crippen molar-refractivity contribution in [2.45, 2.75) is 11.3 Å². The largest absolute Gasteiger partial charge is 0.486 e. The normalized spacial score (nSPS) is 13.7. The number of fused-ring (bicyclic) bond motifs is 2. The van der Waals surface area contributed by atoms with Crippen LogP contribution in [0.3, 0.4) is 0 Å². The van der Waals surface area contributed by atoms with Gasteiger partial charge in [-0.1, -0.05) is 36.4 Å². The van der Waals surface area contributed by atoms with Crippen LogP contribution in [0.5, 0.6) is 11.5 Å². The summed E-state index contributed by atoms with van der Waals surface area (Å²) in [4.78, 5) is 0.276. The maximum Gasteiger partial charge on any atom is 0.240 e. The second-order valence-corrected chi connectivity index (χ2v) is 7.90. The molecule has 4 rings (SSSR count). The summed E-state index contributed by atoms with van der Waals surface area (Å²) >= 11 is 0. The second-order valence-electron chi connectivity index (χ2n) is 6.13. The maximum absolute atomic E-state index is 12.5. The van der Waals surface area contributed by atoms with Gasteiger partial charge in [-0.15, -0.1) is 0 Å². The second kappa shape index (κ2) is 6.97. The van der Waals surface area contributed by atoms with Gasteiger partial charge in [-0.05, 0) is 47.0 Å². The highest BCUT2D eigenvalue weighted by atomic mass is 32.2. The number of sulfonamides is 1. The van der Waals surface area contributed by atoms with Crippen molar-refractivity contribution in [1.29, 1.82) is 0 Å². The van der Waals surface area contributed by atoms with Crippen LogP contribution < -0.4 is 14.2 Å². The summed E-state index contributed by atoms with van der Waals surface area (Å²) in [6.45, 7) is 1.40. The van der Waals surface area contributed by atoms with Crippen LogP contribution in [-0.2, 0) is 16.4 Å². The molecule has 0 spiro atoms. The van der Waals surface area contributed by atoms with E-state index in [1.54, 1.807) is 12.1 Å². The highest BCUT2D eigenvalue weighted by Crippen LogP contribution is 2.30. The topological polar surface area (TPSA) is 64.6 Å². The molecule has 1 aliphatic heterocycles. The molecule has 5 nitrogen and oxygen atoms in total. The van der Waals surface area contributed by atoms with Crippen molar-refractivity contribution in [2.24, 2.45) is 0 Å². The summed E-state index contributed by atoms with van der Waals surface area (Å²) in [5, 5.41) is 1.92. The lowest BCUT2D eigenvalue weighted by atomic mass is 10.1. The van der Waals surface area contributed by atoms with Gasteiger partial charge in [0.15, 0.2) is 11.5 Å². The Morgan fingerprint density at radius 1 is 0.846 bits per heavy atom. The number of benzene rings is 3. The third-order valence-electron chi connectivity index (χ3n) is 4.34. The fourth-order valence-electron chi connectivity index (χ4n) is 2.99. The van der Waals surface area contributed by atoms with E-state index in [0.717, 1.165) is 22.1 Å². The molecule has 1 aliphatic rings. The van der Waals surface area contributed by atoms with Gasteiger partial charge in [0.1, 0.15) is 13.2 Å². The zero-order chi connectivity index (χ0) is 18.0. The van der Waals surface area contributed by atoms with Crippen molar-refractivity contribution < 1.29 is 17.9 Å². The van der Waals surface area contributed by atoms with E-state index in [0.29, 0.717) is 31.9 Å². The monoisotopic (exact) mass is 369 g/mol. The molecule has 26 heavy (non-hydrogen) atoms. The number of hydrogen-bond donors (Lipinski definition) is 1. The highest BCUT2D eigenvalue weighted by Gasteiger charge is 2.15. The summed E-state index contributed by atoms with van der Waals surface area (Å²) in [5.41, 5.74) is 0.996. The van der Waals surface area contributed by atoms with E-state index in [-0.39, 0.29) is 4.90 Å². The average Bonchev–Trinajstić information content (AvgIpc) is 2.67. The number of ether oxygens (including phenoxy) is 2. The van der Waals surface area contributed by atoms with Crippen LogP contribution in [0.4, 0.5) is 0 Å². The van der Waals surface area contributed by atoms with Crippen LogP contribution in [0, 0.1) is 0 Å². The van der Waals surface area contributed by atoms with Crippen LogP contribution in [-0.4, -0.2) is 28.2 Å². The first-order valence-corrected chi connectivity index (χ1v) is 9.97. The summed E-state index contributed by atoms with van der Waals surface area (Å²) < 4.78 is 38.8. The molecule has 1 N–H and O–H groups in total. The quantitative estimate of drug-likeness (QED) is 0.750. The van der Waals surface area contributed by atoms with Gasteiger partial charge in [0.25, 0.3) is 0 Å². The minimum atomic E-state index is -3.55. The molecular formula is C20H19NO4S. The summed E-state index contributed by atoms with van der Waals surface area (Å²) in [6, 6.07) is 18.5. The molecule has 1 heterocycles. The van der Waals surface area contributed by atoms with Gasteiger partial charge in [-0.3, -0.25) is 0 Å². The predicted octanol–water partition coefficient (Wildman–Crippen LogP) is 3.13. The minimum Gasteiger partial charge on any atom is -0.486 e. The van der Waals surface area contributed by atoms with E-state index in [9.17, 15) is 8.42 Å². The van der Waals surface area contributed by atoms with Gasteiger partial charge >= 0.3 is 0 Å². The molecule has 6 heteroatoms. The Bertz CT molecular complexity index is 1050. The average molecular weight is 369 g/mol. The van der Waals surface area contributed by atoms with Gasteiger partial charge in [0, 0.05) is 6.54 Å². The lowest BCUT2D eigenvalue weighted by molar-refractivity contribution is 0.171. The van der Waals surface area contributed by atoms with Crippen molar-refractivity contribution in [1.82, 2.24) is 4.72 Å². The predicted molar refractivity (Wildman–Crippen MR) is 100 cm³/mol. The smallest absolute Gasteiger partial charge is 0.240 e. The number of hydrogen-bond acceptors (Lipinski definition) is 4. The highest BCUT2D eigenvalue weighted by molar-refractivity contribution is 7.89. The third kappa shape index (κ3) is 3.52. The van der Waals surface area contributed by atoms with Crippen molar-refractivity contribution in [2.75, 3.05) is 19.8 Å². The standard InChI is InChI=1S/C20H19NO4S/c22-26(23,18-7-6-16-3-1-2-4-17(16)14-18)21-10-9-15-5-8-19-20(13-15)25-12-11-24-19/h1-8,13-14,21H,9-12H2. The van der Waals surface area contributed by atoms with Gasteiger partial charge in [-0.25, -0.2) is 13.1 Å². The molecule has 134 valence electrons. The van der Waals surface area contributed by atoms with Gasteiger partial charge in [0.05, 0.1) is 4.90 Å². The van der Waals surface area contributed by atoms with E-state index < -0.39 is 10.0 Å². The first kappa shape index (κ1) is 16.9. The Morgan fingerprint density at radius 2 is 1.62 bits per heavy atom. The van der Waals surface area contributed by atoms with Crippen LogP contribution >= 0.6 is 0 Å². The minimum absolute atomic E-state index is 0.276. The van der Waals surface area contributed by atoms with Crippen molar-refractivity contribution >= 4 is 20.8 Å². The lowest BCUT2D eigenvalue weighted by Gasteiger charge is -2.18. The Labute approximate surface area is 152 Å². The molecule has 0 saturated carbocycles. The zero-order valence-electron chi connectivity index (χ0n) is 14.1. The Balaban J connectivity index is 1.44. The molecule has 0 amide bonds. The molecule has 0 aromatic heterocycles. The fraction of sp³-hybridized carbons (Fsp3) is 0.200. The Kier molecular flexibility index (Phi) is 4.53. The molecule has 0 saturated heterocycles. The van der Waals surface area contributed by atoms with Crippen molar-refractivity contribution in [3.8, 4) is 11.5 Å². The number of nitrogens with one attached hydrogen (secondary N) is 1. The van der Waals surface area contributed by atoms with Crippen LogP contribution in [0.1, 0.15) is 5.56 Å². The summed E-state index contributed by atoms with van der Waals surface area (Å²) in [7, 11) is -3.55. The van der Waals surface area contributed by atoms with Crippen LogP contribution in [0.25, 0.3) is 10.8 Å². The van der Waals surface area contributed by atoms with Gasteiger partial charge < -0.3 is 9.47 Å². The molecule has 0 radical (unpaired) electrons. The molecule has 3 aromatic carbocycles. The lowest BCUT2D eigenvalue weighted by Crippen LogP contribution is -2.26. The molecular weight excluding hydrogens is 350 g/mol. The van der Waals surface area contributed by atoms with Gasteiger partial charge in [-0.2, -0.15) is 0 Å². The van der Waals surface area contributed by atoms with E-state index in [4.69, 9.17) is 9.47 Å². The molecule has 0 fully saturated rings.